The van der Waals surface area contributed by atoms with Gasteiger partial charge in [0, 0.05) is 38.1 Å². The molecule has 10 heteroatoms. The second-order valence-electron chi connectivity index (χ2n) is 7.57. The fourth-order valence-corrected chi connectivity index (χ4v) is 4.30. The van der Waals surface area contributed by atoms with Crippen LogP contribution >= 0.6 is 27.5 Å². The van der Waals surface area contributed by atoms with E-state index in [1.807, 2.05) is 12.1 Å². The first-order chi connectivity index (χ1) is 15.5. The van der Waals surface area contributed by atoms with Crippen molar-refractivity contribution in [1.29, 1.82) is 0 Å². The van der Waals surface area contributed by atoms with Gasteiger partial charge < -0.3 is 10.6 Å². The molecular weight excluding hydrogens is 496 g/mol. The highest BCUT2D eigenvalue weighted by molar-refractivity contribution is 9.10. The molecule has 0 aliphatic carbocycles. The zero-order valence-corrected chi connectivity index (χ0v) is 19.5. The second kappa shape index (κ2) is 10.2. The van der Waals surface area contributed by atoms with Gasteiger partial charge in [0.1, 0.15) is 5.82 Å². The van der Waals surface area contributed by atoms with Gasteiger partial charge >= 0.3 is 0 Å². The van der Waals surface area contributed by atoms with Crippen LogP contribution in [0.25, 0.3) is 0 Å². The molecule has 0 atom stereocenters. The molecule has 1 aromatic carbocycles. The van der Waals surface area contributed by atoms with E-state index in [4.69, 9.17) is 11.6 Å². The predicted octanol–water partition coefficient (Wildman–Crippen LogP) is 3.87. The number of carbonyl (C=O) groups excluding carboxylic acids is 2. The number of rotatable bonds is 6. The highest BCUT2D eigenvalue weighted by atomic mass is 79.9. The average Bonchev–Trinajstić information content (AvgIpc) is 3.16. The van der Waals surface area contributed by atoms with Crippen LogP contribution in [0.1, 0.15) is 39.3 Å². The Bertz CT molecular complexity index is 1100. The number of aromatic nitrogens is 3. The maximum Gasteiger partial charge on any atom is 0.273 e. The molecule has 2 amide bonds. The number of likely N-dealkylation sites (tertiary alicyclic amines) is 1. The molecule has 0 saturated carbocycles. The largest absolute Gasteiger partial charge is 0.348 e. The monoisotopic (exact) mass is 516 g/mol. The standard InChI is InChI=1S/C22H22BrClN6O2/c23-18-19(28-29-20(18)27-21(31)16-3-1-2-4-17(16)24)22(32)26-15-7-11-30(12-8-15)13-14-5-9-25-10-6-14/h1-6,9-10,15H,7-8,11-13H2,(H,26,32)(H2,27,28,29,31). The normalized spacial score (nSPS) is 14.8. The molecule has 0 radical (unpaired) electrons. The fourth-order valence-electron chi connectivity index (χ4n) is 3.62. The number of piperidine rings is 1. The Labute approximate surface area is 198 Å². The van der Waals surface area contributed by atoms with Crippen molar-refractivity contribution in [3.63, 3.8) is 0 Å². The number of nitrogens with one attached hydrogen (secondary N) is 3. The lowest BCUT2D eigenvalue weighted by Gasteiger charge is -2.32. The smallest absolute Gasteiger partial charge is 0.273 e. The molecule has 1 fully saturated rings. The molecule has 3 aromatic rings. The van der Waals surface area contributed by atoms with Crippen LogP contribution in [0.2, 0.25) is 5.02 Å². The summed E-state index contributed by atoms with van der Waals surface area (Å²) in [6.07, 6.45) is 5.31. The van der Waals surface area contributed by atoms with Crippen LogP contribution < -0.4 is 10.6 Å². The molecule has 0 bridgehead atoms. The van der Waals surface area contributed by atoms with Crippen LogP contribution in [0, 0.1) is 0 Å². The van der Waals surface area contributed by atoms with Crippen molar-refractivity contribution in [3.05, 3.63) is 75.1 Å². The lowest BCUT2D eigenvalue weighted by molar-refractivity contribution is 0.0902. The number of amides is 2. The van der Waals surface area contributed by atoms with Crippen molar-refractivity contribution in [2.24, 2.45) is 0 Å². The van der Waals surface area contributed by atoms with Crippen molar-refractivity contribution < 1.29 is 9.59 Å². The number of hydrogen-bond donors (Lipinski definition) is 3. The number of H-pyrrole nitrogens is 1. The number of carbonyl (C=O) groups is 2. The first-order valence-corrected chi connectivity index (χ1v) is 11.4. The summed E-state index contributed by atoms with van der Waals surface area (Å²) in [4.78, 5) is 31.6. The Morgan fingerprint density at radius 2 is 1.84 bits per heavy atom. The molecule has 8 nitrogen and oxygen atoms in total. The van der Waals surface area contributed by atoms with E-state index in [2.05, 4.69) is 46.6 Å². The van der Waals surface area contributed by atoms with E-state index >= 15 is 0 Å². The van der Waals surface area contributed by atoms with Crippen LogP contribution in [-0.2, 0) is 6.54 Å². The first kappa shape index (κ1) is 22.4. The second-order valence-corrected chi connectivity index (χ2v) is 8.77. The maximum absolute atomic E-state index is 12.8. The number of nitrogens with zero attached hydrogens (tertiary/aromatic N) is 3. The molecule has 166 valence electrons. The molecule has 32 heavy (non-hydrogen) atoms. The highest BCUT2D eigenvalue weighted by Crippen LogP contribution is 2.26. The van der Waals surface area contributed by atoms with E-state index in [1.54, 1.807) is 36.7 Å². The molecular formula is C22H22BrClN6O2. The predicted molar refractivity (Wildman–Crippen MR) is 126 cm³/mol. The van der Waals surface area contributed by atoms with Gasteiger partial charge in [0.25, 0.3) is 11.8 Å². The summed E-state index contributed by atoms with van der Waals surface area (Å²) >= 11 is 9.44. The van der Waals surface area contributed by atoms with E-state index in [9.17, 15) is 9.59 Å². The van der Waals surface area contributed by atoms with Gasteiger partial charge in [0.15, 0.2) is 5.69 Å². The molecule has 0 unspecified atom stereocenters. The zero-order valence-electron chi connectivity index (χ0n) is 17.1. The molecule has 0 spiro atoms. The third-order valence-corrected chi connectivity index (χ3v) is 6.46. The van der Waals surface area contributed by atoms with E-state index in [1.165, 1.54) is 5.56 Å². The number of benzene rings is 1. The van der Waals surface area contributed by atoms with Crippen molar-refractivity contribution in [3.8, 4) is 0 Å². The van der Waals surface area contributed by atoms with Crippen LogP contribution in [0.4, 0.5) is 5.82 Å². The molecule has 1 aliphatic rings. The van der Waals surface area contributed by atoms with Gasteiger partial charge in [0.2, 0.25) is 0 Å². The van der Waals surface area contributed by atoms with E-state index in [0.29, 0.717) is 20.9 Å². The Morgan fingerprint density at radius 1 is 1.12 bits per heavy atom. The van der Waals surface area contributed by atoms with Crippen LogP contribution in [-0.4, -0.2) is 51.0 Å². The van der Waals surface area contributed by atoms with Gasteiger partial charge in [0.05, 0.1) is 15.1 Å². The molecule has 1 aliphatic heterocycles. The van der Waals surface area contributed by atoms with Gasteiger partial charge in [-0.15, -0.1) is 0 Å². The summed E-state index contributed by atoms with van der Waals surface area (Å²) in [7, 11) is 0. The molecule has 3 N–H and O–H groups in total. The number of hydrogen-bond acceptors (Lipinski definition) is 5. The van der Waals surface area contributed by atoms with Crippen molar-refractivity contribution in [2.45, 2.75) is 25.4 Å². The lowest BCUT2D eigenvalue weighted by Crippen LogP contribution is -2.44. The number of aromatic amines is 1. The minimum absolute atomic E-state index is 0.0703. The van der Waals surface area contributed by atoms with E-state index < -0.39 is 5.91 Å². The summed E-state index contributed by atoms with van der Waals surface area (Å²) in [6, 6.07) is 10.8. The summed E-state index contributed by atoms with van der Waals surface area (Å²) in [5.41, 5.74) is 1.76. The topological polar surface area (TPSA) is 103 Å². The van der Waals surface area contributed by atoms with E-state index in [-0.39, 0.29) is 17.6 Å². The Kier molecular flexibility index (Phi) is 7.19. The minimum atomic E-state index is -0.395. The molecule has 4 rings (SSSR count). The Balaban J connectivity index is 1.31. The highest BCUT2D eigenvalue weighted by Gasteiger charge is 2.25. The lowest BCUT2D eigenvalue weighted by atomic mass is 10.0. The van der Waals surface area contributed by atoms with Crippen LogP contribution in [0.5, 0.6) is 0 Å². The van der Waals surface area contributed by atoms with Crippen LogP contribution in [0.15, 0.2) is 53.3 Å². The van der Waals surface area contributed by atoms with Crippen molar-refractivity contribution in [2.75, 3.05) is 18.4 Å². The summed E-state index contributed by atoms with van der Waals surface area (Å²) in [6.45, 7) is 2.67. The number of pyridine rings is 1. The van der Waals surface area contributed by atoms with Gasteiger partial charge in [-0.3, -0.25) is 24.6 Å². The molecule has 3 heterocycles. The SMILES string of the molecule is O=C(Nc1[nH]nc(C(=O)NC2CCN(Cc3ccncc3)CC2)c1Br)c1ccccc1Cl. The van der Waals surface area contributed by atoms with Gasteiger partial charge in [-0.1, -0.05) is 23.7 Å². The Morgan fingerprint density at radius 3 is 2.56 bits per heavy atom. The first-order valence-electron chi connectivity index (χ1n) is 10.2. The van der Waals surface area contributed by atoms with Crippen molar-refractivity contribution >= 4 is 45.2 Å². The third kappa shape index (κ3) is 5.35. The third-order valence-electron chi connectivity index (χ3n) is 5.36. The fraction of sp³-hybridized carbons (Fsp3) is 0.273. The van der Waals surface area contributed by atoms with Gasteiger partial charge in [-0.2, -0.15) is 5.10 Å². The van der Waals surface area contributed by atoms with E-state index in [0.717, 1.165) is 32.5 Å². The number of anilines is 1. The molecule has 1 saturated heterocycles. The quantitative estimate of drug-likeness (QED) is 0.461. The zero-order chi connectivity index (χ0) is 22.5. The summed E-state index contributed by atoms with van der Waals surface area (Å²) in [5.74, 6) is -0.389. The van der Waals surface area contributed by atoms with Crippen LogP contribution in [0.3, 0.4) is 0 Å². The summed E-state index contributed by atoms with van der Waals surface area (Å²) < 4.78 is 0.394. The Hall–Kier alpha value is -2.75. The van der Waals surface area contributed by atoms with Gasteiger partial charge in [-0.25, -0.2) is 0 Å². The minimum Gasteiger partial charge on any atom is -0.348 e. The molecule has 2 aromatic heterocycles. The summed E-state index contributed by atoms with van der Waals surface area (Å²) in [5, 5.41) is 12.9. The van der Waals surface area contributed by atoms with Gasteiger partial charge in [-0.05, 0) is 58.6 Å². The average molecular weight is 518 g/mol. The maximum atomic E-state index is 12.8. The van der Waals surface area contributed by atoms with Crippen molar-refractivity contribution in [1.82, 2.24) is 25.4 Å². The number of halogens is 2.